The maximum atomic E-state index is 12.4. The van der Waals surface area contributed by atoms with Crippen LogP contribution < -0.4 is 24.8 Å². The van der Waals surface area contributed by atoms with E-state index in [1.54, 1.807) is 12.1 Å². The molecule has 0 bridgehead atoms. The number of aromatic nitrogens is 1. The molecule has 1 aromatic heterocycles. The van der Waals surface area contributed by atoms with E-state index < -0.39 is 0 Å². The Kier molecular flexibility index (Phi) is 6.85. The molecule has 7 heteroatoms. The fourth-order valence-electron chi connectivity index (χ4n) is 3.23. The number of amides is 2. The molecule has 2 aromatic carbocycles. The van der Waals surface area contributed by atoms with Crippen molar-refractivity contribution in [3.8, 4) is 17.2 Å². The van der Waals surface area contributed by atoms with Crippen molar-refractivity contribution in [3.05, 3.63) is 71.5 Å². The van der Waals surface area contributed by atoms with E-state index in [9.17, 15) is 4.79 Å². The maximum absolute atomic E-state index is 12.4. The van der Waals surface area contributed by atoms with Gasteiger partial charge in [-0.3, -0.25) is 0 Å². The number of ether oxygens (including phenoxy) is 3. The average molecular weight is 409 g/mol. The van der Waals surface area contributed by atoms with Gasteiger partial charge in [0.2, 0.25) is 5.75 Å². The van der Waals surface area contributed by atoms with Gasteiger partial charge in [0, 0.05) is 30.6 Å². The summed E-state index contributed by atoms with van der Waals surface area (Å²) in [4.78, 5) is 12.4. The number of aryl methyl sites for hydroxylation is 1. The zero-order valence-corrected chi connectivity index (χ0v) is 17.7. The van der Waals surface area contributed by atoms with Crippen molar-refractivity contribution < 1.29 is 19.0 Å². The minimum atomic E-state index is -0.326. The van der Waals surface area contributed by atoms with E-state index in [-0.39, 0.29) is 6.03 Å². The van der Waals surface area contributed by atoms with Crippen LogP contribution in [0.1, 0.15) is 16.8 Å². The molecule has 0 radical (unpaired) electrons. The van der Waals surface area contributed by atoms with E-state index in [4.69, 9.17) is 14.2 Å². The largest absolute Gasteiger partial charge is 0.493 e. The molecule has 2 N–H and O–H groups in total. The van der Waals surface area contributed by atoms with E-state index in [1.165, 1.54) is 32.5 Å². The Balaban J connectivity index is 1.65. The summed E-state index contributed by atoms with van der Waals surface area (Å²) >= 11 is 0. The minimum Gasteiger partial charge on any atom is -0.493 e. The Hall–Kier alpha value is -3.61. The lowest BCUT2D eigenvalue weighted by molar-refractivity contribution is 0.251. The molecule has 0 aliphatic carbocycles. The summed E-state index contributed by atoms with van der Waals surface area (Å²) in [7, 11) is 4.60. The first-order valence-corrected chi connectivity index (χ1v) is 9.59. The molecule has 0 atom stereocenters. The van der Waals surface area contributed by atoms with E-state index >= 15 is 0 Å². The molecule has 158 valence electrons. The van der Waals surface area contributed by atoms with E-state index in [1.807, 2.05) is 30.5 Å². The molecule has 3 aromatic rings. The van der Waals surface area contributed by atoms with Crippen LogP contribution in [0.2, 0.25) is 0 Å². The lowest BCUT2D eigenvalue weighted by Crippen LogP contribution is -2.29. The van der Waals surface area contributed by atoms with Gasteiger partial charge in [-0.2, -0.15) is 0 Å². The van der Waals surface area contributed by atoms with Gasteiger partial charge >= 0.3 is 6.03 Å². The smallest absolute Gasteiger partial charge is 0.319 e. The first kappa shape index (κ1) is 21.1. The molecule has 0 fully saturated rings. The highest BCUT2D eigenvalue weighted by atomic mass is 16.5. The zero-order chi connectivity index (χ0) is 21.5. The highest BCUT2D eigenvalue weighted by Gasteiger charge is 2.14. The minimum absolute atomic E-state index is 0.326. The van der Waals surface area contributed by atoms with Crippen molar-refractivity contribution in [3.63, 3.8) is 0 Å². The molecule has 0 saturated carbocycles. The third-order valence-electron chi connectivity index (χ3n) is 4.88. The molecule has 2 amide bonds. The fourth-order valence-corrected chi connectivity index (χ4v) is 3.23. The third kappa shape index (κ3) is 4.86. The van der Waals surface area contributed by atoms with Crippen molar-refractivity contribution in [2.45, 2.75) is 20.0 Å². The summed E-state index contributed by atoms with van der Waals surface area (Å²) in [6, 6.07) is 15.3. The molecule has 7 nitrogen and oxygen atoms in total. The highest BCUT2D eigenvalue weighted by molar-refractivity contribution is 5.90. The number of urea groups is 1. The van der Waals surface area contributed by atoms with Gasteiger partial charge in [0.1, 0.15) is 0 Å². The summed E-state index contributed by atoms with van der Waals surface area (Å²) in [6.45, 7) is 3.25. The predicted octanol–water partition coefficient (Wildman–Crippen LogP) is 4.19. The zero-order valence-electron chi connectivity index (χ0n) is 17.7. The molecule has 0 aliphatic heterocycles. The molecular weight excluding hydrogens is 382 g/mol. The second-order valence-electron chi connectivity index (χ2n) is 6.78. The lowest BCUT2D eigenvalue weighted by Gasteiger charge is -2.15. The van der Waals surface area contributed by atoms with Crippen LogP contribution in [0.4, 0.5) is 10.5 Å². The van der Waals surface area contributed by atoms with Crippen LogP contribution in [0.25, 0.3) is 0 Å². The van der Waals surface area contributed by atoms with Gasteiger partial charge in [0.05, 0.1) is 33.6 Å². The number of anilines is 1. The number of hydrogen-bond donors (Lipinski definition) is 2. The van der Waals surface area contributed by atoms with Crippen molar-refractivity contribution in [2.75, 3.05) is 26.6 Å². The Morgan fingerprint density at radius 2 is 1.67 bits per heavy atom. The third-order valence-corrected chi connectivity index (χ3v) is 4.88. The Labute approximate surface area is 176 Å². The summed E-state index contributed by atoms with van der Waals surface area (Å²) in [5, 5.41) is 5.70. The first-order valence-electron chi connectivity index (χ1n) is 9.59. The number of benzene rings is 2. The molecule has 0 spiro atoms. The number of carbonyl (C=O) groups excluding carboxylic acids is 1. The van der Waals surface area contributed by atoms with E-state index in [0.29, 0.717) is 29.5 Å². The quantitative estimate of drug-likeness (QED) is 0.585. The number of nitrogens with one attached hydrogen (secondary N) is 2. The van der Waals surface area contributed by atoms with Crippen molar-refractivity contribution in [2.24, 2.45) is 0 Å². The van der Waals surface area contributed by atoms with Crippen molar-refractivity contribution in [1.29, 1.82) is 0 Å². The van der Waals surface area contributed by atoms with Crippen LogP contribution in [0.15, 0.2) is 54.7 Å². The van der Waals surface area contributed by atoms with E-state index in [2.05, 4.69) is 34.3 Å². The molecule has 0 saturated heterocycles. The standard InChI is InChI=1S/C23H27N3O4/c1-16-8-5-6-9-17(16)15-26-11-7-10-19(26)14-24-23(27)25-18-12-20(28-2)22(30-4)21(13-18)29-3/h5-13H,14-15H2,1-4H3,(H2,24,25,27). The summed E-state index contributed by atoms with van der Waals surface area (Å²) in [6.07, 6.45) is 2.01. The maximum Gasteiger partial charge on any atom is 0.319 e. The molecule has 0 unspecified atom stereocenters. The van der Waals surface area contributed by atoms with Crippen molar-refractivity contribution in [1.82, 2.24) is 9.88 Å². The fraction of sp³-hybridized carbons (Fsp3) is 0.261. The normalized spacial score (nSPS) is 10.4. The van der Waals surface area contributed by atoms with Crippen LogP contribution >= 0.6 is 0 Å². The molecule has 30 heavy (non-hydrogen) atoms. The first-order chi connectivity index (χ1) is 14.5. The average Bonchev–Trinajstić information content (AvgIpc) is 3.20. The van der Waals surface area contributed by atoms with Gasteiger partial charge in [0.15, 0.2) is 11.5 Å². The number of rotatable bonds is 8. The number of nitrogens with zero attached hydrogens (tertiary/aromatic N) is 1. The summed E-state index contributed by atoms with van der Waals surface area (Å²) < 4.78 is 18.1. The van der Waals surface area contributed by atoms with Gasteiger partial charge in [-0.25, -0.2) is 4.79 Å². The monoisotopic (exact) mass is 409 g/mol. The van der Waals surface area contributed by atoms with Gasteiger partial charge < -0.3 is 29.4 Å². The van der Waals surface area contributed by atoms with Gasteiger partial charge in [-0.05, 0) is 30.2 Å². The summed E-state index contributed by atoms with van der Waals surface area (Å²) in [5.41, 5.74) is 4.04. The summed E-state index contributed by atoms with van der Waals surface area (Å²) in [5.74, 6) is 1.42. The van der Waals surface area contributed by atoms with Crippen LogP contribution in [-0.4, -0.2) is 31.9 Å². The molecule has 0 aliphatic rings. The second-order valence-corrected chi connectivity index (χ2v) is 6.78. The lowest BCUT2D eigenvalue weighted by atomic mass is 10.1. The topological polar surface area (TPSA) is 73.8 Å². The Bertz CT molecular complexity index is 988. The Morgan fingerprint density at radius 3 is 2.30 bits per heavy atom. The SMILES string of the molecule is COc1cc(NC(=O)NCc2cccn2Cc2ccccc2C)cc(OC)c1OC. The predicted molar refractivity (Wildman–Crippen MR) is 117 cm³/mol. The van der Waals surface area contributed by atoms with E-state index in [0.717, 1.165) is 12.2 Å². The number of methoxy groups -OCH3 is 3. The van der Waals surface area contributed by atoms with Crippen LogP contribution in [0.3, 0.4) is 0 Å². The molecule has 1 heterocycles. The van der Waals surface area contributed by atoms with Gasteiger partial charge in [-0.1, -0.05) is 24.3 Å². The number of carbonyl (C=O) groups is 1. The van der Waals surface area contributed by atoms with Crippen molar-refractivity contribution >= 4 is 11.7 Å². The number of hydrogen-bond acceptors (Lipinski definition) is 4. The second kappa shape index (κ2) is 9.73. The van der Waals surface area contributed by atoms with Gasteiger partial charge in [-0.15, -0.1) is 0 Å². The van der Waals surface area contributed by atoms with Gasteiger partial charge in [0.25, 0.3) is 0 Å². The highest BCUT2D eigenvalue weighted by Crippen LogP contribution is 2.39. The molecular formula is C23H27N3O4. The van der Waals surface area contributed by atoms with Crippen LogP contribution in [0, 0.1) is 6.92 Å². The molecule has 3 rings (SSSR count). The van der Waals surface area contributed by atoms with Crippen LogP contribution in [0.5, 0.6) is 17.2 Å². The van der Waals surface area contributed by atoms with Crippen LogP contribution in [-0.2, 0) is 13.1 Å². The Morgan fingerprint density at radius 1 is 0.967 bits per heavy atom.